The third-order valence-corrected chi connectivity index (χ3v) is 5.72. The molecule has 4 nitrogen and oxygen atoms in total. The van der Waals surface area contributed by atoms with Gasteiger partial charge in [-0.15, -0.1) is 0 Å². The second kappa shape index (κ2) is 6.03. The molecule has 0 spiro atoms. The van der Waals surface area contributed by atoms with E-state index in [9.17, 15) is 14.7 Å². The number of likely N-dealkylation sites (tertiary alicyclic amines) is 1. The van der Waals surface area contributed by atoms with Crippen molar-refractivity contribution in [3.63, 3.8) is 0 Å². The number of halogens is 1. The Hall–Kier alpha value is -1.36. The molecule has 2 aliphatic rings. The van der Waals surface area contributed by atoms with E-state index in [-0.39, 0.29) is 11.8 Å². The first-order valence-electron chi connectivity index (χ1n) is 7.77. The predicted octanol–water partition coefficient (Wildman–Crippen LogP) is 3.10. The van der Waals surface area contributed by atoms with Gasteiger partial charge in [0.1, 0.15) is 0 Å². The molecule has 0 aromatic heterocycles. The normalized spacial score (nSPS) is 27.0. The van der Waals surface area contributed by atoms with Crippen LogP contribution in [0.15, 0.2) is 28.7 Å². The Balaban J connectivity index is 1.60. The molecule has 0 radical (unpaired) electrons. The largest absolute Gasteiger partial charge is 0.481 e. The topological polar surface area (TPSA) is 57.6 Å². The lowest BCUT2D eigenvalue weighted by atomic mass is 9.81. The number of amides is 1. The Morgan fingerprint density at radius 2 is 2.05 bits per heavy atom. The third kappa shape index (κ3) is 2.78. The molecule has 1 amide bonds. The fraction of sp³-hybridized carbons (Fsp3) is 0.529. The number of aryl methyl sites for hydroxylation is 1. The van der Waals surface area contributed by atoms with E-state index in [0.29, 0.717) is 32.4 Å². The van der Waals surface area contributed by atoms with Crippen LogP contribution in [-0.4, -0.2) is 35.0 Å². The third-order valence-electron chi connectivity index (χ3n) is 5.19. The molecule has 1 aliphatic heterocycles. The Bertz CT molecular complexity index is 586. The van der Waals surface area contributed by atoms with Crippen LogP contribution in [-0.2, 0) is 16.0 Å². The van der Waals surface area contributed by atoms with E-state index in [2.05, 4.69) is 15.9 Å². The standard InChI is InChI=1S/C17H20BrNO3/c18-14-6-3-12(4-7-14)5-8-15(20)19-10-13-2-1-9-17(13,11-19)16(21)22/h3-4,6-7,13H,1-2,5,8-11H2,(H,21,22)/t13-,17+/m0/s1. The maximum Gasteiger partial charge on any atom is 0.311 e. The molecule has 0 unspecified atom stereocenters. The minimum atomic E-state index is -0.724. The smallest absolute Gasteiger partial charge is 0.311 e. The van der Waals surface area contributed by atoms with Gasteiger partial charge in [0, 0.05) is 24.0 Å². The SMILES string of the molecule is O=C(CCc1ccc(Br)cc1)N1C[C@@H]2CCC[C@@]2(C(=O)O)C1. The van der Waals surface area contributed by atoms with Crippen molar-refractivity contribution in [1.82, 2.24) is 4.90 Å². The van der Waals surface area contributed by atoms with Gasteiger partial charge in [-0.05, 0) is 42.9 Å². The van der Waals surface area contributed by atoms with Crippen molar-refractivity contribution < 1.29 is 14.7 Å². The Morgan fingerprint density at radius 1 is 1.32 bits per heavy atom. The second-order valence-electron chi connectivity index (χ2n) is 6.45. The first kappa shape index (κ1) is 15.5. The lowest BCUT2D eigenvalue weighted by Gasteiger charge is -2.23. The minimum Gasteiger partial charge on any atom is -0.481 e. The summed E-state index contributed by atoms with van der Waals surface area (Å²) in [5, 5.41) is 9.57. The highest BCUT2D eigenvalue weighted by molar-refractivity contribution is 9.10. The number of carbonyl (C=O) groups excluding carboxylic acids is 1. The van der Waals surface area contributed by atoms with Crippen LogP contribution < -0.4 is 0 Å². The molecular weight excluding hydrogens is 346 g/mol. The maximum atomic E-state index is 12.4. The van der Waals surface area contributed by atoms with Crippen LogP contribution in [0.3, 0.4) is 0 Å². The van der Waals surface area contributed by atoms with Gasteiger partial charge in [-0.25, -0.2) is 0 Å². The molecule has 118 valence electrons. The molecule has 22 heavy (non-hydrogen) atoms. The summed E-state index contributed by atoms with van der Waals surface area (Å²) < 4.78 is 1.03. The molecule has 2 fully saturated rings. The molecule has 1 N–H and O–H groups in total. The minimum absolute atomic E-state index is 0.0814. The summed E-state index contributed by atoms with van der Waals surface area (Å²) in [5.74, 6) is -0.502. The summed E-state index contributed by atoms with van der Waals surface area (Å²) in [6.07, 6.45) is 3.77. The van der Waals surface area contributed by atoms with Crippen LogP contribution >= 0.6 is 15.9 Å². The number of benzene rings is 1. The van der Waals surface area contributed by atoms with E-state index < -0.39 is 11.4 Å². The first-order chi connectivity index (χ1) is 10.5. The molecule has 1 heterocycles. The molecule has 1 aliphatic carbocycles. The first-order valence-corrected chi connectivity index (χ1v) is 8.56. The zero-order valence-electron chi connectivity index (χ0n) is 12.4. The van der Waals surface area contributed by atoms with Crippen molar-refractivity contribution in [2.45, 2.75) is 32.1 Å². The monoisotopic (exact) mass is 365 g/mol. The zero-order valence-corrected chi connectivity index (χ0v) is 14.0. The lowest BCUT2D eigenvalue weighted by molar-refractivity contribution is -0.149. The predicted molar refractivity (Wildman–Crippen MR) is 86.5 cm³/mol. The Labute approximate surface area is 138 Å². The average Bonchev–Trinajstić information content (AvgIpc) is 3.04. The molecule has 3 rings (SSSR count). The van der Waals surface area contributed by atoms with Crippen LogP contribution in [0.25, 0.3) is 0 Å². The number of carboxylic acid groups (broad SMARTS) is 1. The van der Waals surface area contributed by atoms with E-state index in [4.69, 9.17) is 0 Å². The highest BCUT2D eigenvalue weighted by Gasteiger charge is 2.55. The number of hydrogen-bond donors (Lipinski definition) is 1. The average molecular weight is 366 g/mol. The zero-order chi connectivity index (χ0) is 15.7. The molecule has 1 aromatic rings. The lowest BCUT2D eigenvalue weighted by Crippen LogP contribution is -2.37. The number of fused-ring (bicyclic) bond motifs is 1. The van der Waals surface area contributed by atoms with Crippen LogP contribution in [0.4, 0.5) is 0 Å². The van der Waals surface area contributed by atoms with Crippen molar-refractivity contribution in [2.24, 2.45) is 11.3 Å². The van der Waals surface area contributed by atoms with E-state index in [0.717, 1.165) is 22.9 Å². The van der Waals surface area contributed by atoms with E-state index in [1.54, 1.807) is 4.90 Å². The summed E-state index contributed by atoms with van der Waals surface area (Å²) in [4.78, 5) is 25.8. The van der Waals surface area contributed by atoms with Crippen molar-refractivity contribution >= 4 is 27.8 Å². The number of hydrogen-bond acceptors (Lipinski definition) is 2. The molecule has 1 aromatic carbocycles. The maximum absolute atomic E-state index is 12.4. The van der Waals surface area contributed by atoms with E-state index in [1.807, 2.05) is 24.3 Å². The van der Waals surface area contributed by atoms with Gasteiger partial charge in [0.15, 0.2) is 0 Å². The molecule has 1 saturated heterocycles. The molecule has 5 heteroatoms. The van der Waals surface area contributed by atoms with Gasteiger partial charge in [0.05, 0.1) is 5.41 Å². The van der Waals surface area contributed by atoms with Gasteiger partial charge in [-0.2, -0.15) is 0 Å². The number of nitrogens with zero attached hydrogens (tertiary/aromatic N) is 1. The van der Waals surface area contributed by atoms with Gasteiger partial charge < -0.3 is 10.0 Å². The second-order valence-corrected chi connectivity index (χ2v) is 7.37. The highest BCUT2D eigenvalue weighted by atomic mass is 79.9. The van der Waals surface area contributed by atoms with Gasteiger partial charge in [-0.1, -0.05) is 34.5 Å². The summed E-state index contributed by atoms with van der Waals surface area (Å²) in [7, 11) is 0. The summed E-state index contributed by atoms with van der Waals surface area (Å²) in [6, 6.07) is 7.96. The quantitative estimate of drug-likeness (QED) is 0.891. The number of aliphatic carboxylic acids is 1. The molecule has 1 saturated carbocycles. The summed E-state index contributed by atoms with van der Waals surface area (Å²) in [6.45, 7) is 1.01. The number of rotatable bonds is 4. The van der Waals surface area contributed by atoms with Crippen molar-refractivity contribution in [1.29, 1.82) is 0 Å². The van der Waals surface area contributed by atoms with E-state index in [1.165, 1.54) is 0 Å². The van der Waals surface area contributed by atoms with Crippen LogP contribution in [0, 0.1) is 11.3 Å². The van der Waals surface area contributed by atoms with Crippen molar-refractivity contribution in [3.05, 3.63) is 34.3 Å². The molecular formula is C17H20BrNO3. The highest BCUT2D eigenvalue weighted by Crippen LogP contribution is 2.48. The fourth-order valence-corrected chi connectivity index (χ4v) is 4.15. The number of carboxylic acids is 1. The van der Waals surface area contributed by atoms with Gasteiger partial charge in [0.2, 0.25) is 5.91 Å². The van der Waals surface area contributed by atoms with Gasteiger partial charge in [-0.3, -0.25) is 9.59 Å². The van der Waals surface area contributed by atoms with Gasteiger partial charge >= 0.3 is 5.97 Å². The van der Waals surface area contributed by atoms with Crippen LogP contribution in [0.2, 0.25) is 0 Å². The van der Waals surface area contributed by atoms with Gasteiger partial charge in [0.25, 0.3) is 0 Å². The fourth-order valence-electron chi connectivity index (χ4n) is 3.89. The number of carbonyl (C=O) groups is 2. The molecule has 2 atom stereocenters. The summed E-state index contributed by atoms with van der Waals surface area (Å²) in [5.41, 5.74) is 0.455. The van der Waals surface area contributed by atoms with Crippen molar-refractivity contribution in [3.8, 4) is 0 Å². The molecule has 0 bridgehead atoms. The van der Waals surface area contributed by atoms with E-state index >= 15 is 0 Å². The Morgan fingerprint density at radius 3 is 2.68 bits per heavy atom. The van der Waals surface area contributed by atoms with Crippen LogP contribution in [0.1, 0.15) is 31.2 Å². The van der Waals surface area contributed by atoms with Crippen LogP contribution in [0.5, 0.6) is 0 Å². The Kier molecular flexibility index (Phi) is 4.26. The summed E-state index contributed by atoms with van der Waals surface area (Å²) >= 11 is 3.40. The van der Waals surface area contributed by atoms with Crippen molar-refractivity contribution in [2.75, 3.05) is 13.1 Å².